The summed E-state index contributed by atoms with van der Waals surface area (Å²) in [4.78, 5) is 0. The number of hydrogen-bond acceptors (Lipinski definition) is 2. The molecule has 0 aliphatic rings. The van der Waals surface area contributed by atoms with Crippen molar-refractivity contribution in [2.75, 3.05) is 6.61 Å². The highest BCUT2D eigenvalue weighted by molar-refractivity contribution is 4.77. The van der Waals surface area contributed by atoms with E-state index in [-0.39, 0.29) is 24.5 Å². The lowest BCUT2D eigenvalue weighted by Gasteiger charge is -2.30. The van der Waals surface area contributed by atoms with E-state index in [0.29, 0.717) is 11.8 Å². The molecule has 2 heteroatoms. The Balaban J connectivity index is 4.46. The van der Waals surface area contributed by atoms with Gasteiger partial charge in [0.15, 0.2) is 0 Å². The molecule has 0 saturated heterocycles. The smallest absolute Gasteiger partial charge is 0.0569 e. The molecule has 0 spiro atoms. The van der Waals surface area contributed by atoms with Gasteiger partial charge in [-0.05, 0) is 42.9 Å². The maximum Gasteiger partial charge on any atom is 0.0569 e. The lowest BCUT2D eigenvalue weighted by molar-refractivity contribution is 0.0324. The molecule has 0 heterocycles. The fourth-order valence-corrected chi connectivity index (χ4v) is 2.56. The molecule has 0 saturated carbocycles. The maximum absolute atomic E-state index is 10.2. The van der Waals surface area contributed by atoms with Crippen molar-refractivity contribution >= 4 is 0 Å². The molecule has 0 aromatic carbocycles. The SMILES string of the molecule is CCC(O)C(CCC(C)C)C(CO)CCC(C)C. The summed E-state index contributed by atoms with van der Waals surface area (Å²) in [6.45, 7) is 11.1. The fourth-order valence-electron chi connectivity index (χ4n) is 2.56. The van der Waals surface area contributed by atoms with Crippen LogP contribution in [-0.4, -0.2) is 22.9 Å². The average Bonchev–Trinajstić information content (AvgIpc) is 2.31. The third-order valence-corrected chi connectivity index (χ3v) is 3.94. The van der Waals surface area contributed by atoms with Crippen LogP contribution in [0.2, 0.25) is 0 Å². The summed E-state index contributed by atoms with van der Waals surface area (Å²) in [6.07, 6.45) is 4.89. The van der Waals surface area contributed by atoms with Gasteiger partial charge in [-0.2, -0.15) is 0 Å². The highest BCUT2D eigenvalue weighted by Crippen LogP contribution is 2.29. The van der Waals surface area contributed by atoms with Crippen LogP contribution in [0.15, 0.2) is 0 Å². The Labute approximate surface area is 114 Å². The first-order valence-electron chi connectivity index (χ1n) is 7.71. The minimum atomic E-state index is -0.256. The number of aliphatic hydroxyl groups is 2. The second-order valence-electron chi connectivity index (χ2n) is 6.52. The summed E-state index contributed by atoms with van der Waals surface area (Å²) in [6, 6.07) is 0. The van der Waals surface area contributed by atoms with Gasteiger partial charge in [-0.25, -0.2) is 0 Å². The Morgan fingerprint density at radius 3 is 1.72 bits per heavy atom. The largest absolute Gasteiger partial charge is 0.396 e. The quantitative estimate of drug-likeness (QED) is 0.625. The Bertz CT molecular complexity index is 190. The minimum absolute atomic E-state index is 0.215. The van der Waals surface area contributed by atoms with E-state index in [1.54, 1.807) is 0 Å². The van der Waals surface area contributed by atoms with Crippen molar-refractivity contribution in [3.8, 4) is 0 Å². The lowest BCUT2D eigenvalue weighted by atomic mass is 9.79. The minimum Gasteiger partial charge on any atom is -0.396 e. The molecule has 0 bridgehead atoms. The van der Waals surface area contributed by atoms with Gasteiger partial charge in [0.25, 0.3) is 0 Å². The zero-order valence-corrected chi connectivity index (χ0v) is 13.0. The van der Waals surface area contributed by atoms with Crippen LogP contribution in [0.1, 0.15) is 66.7 Å². The molecule has 2 nitrogen and oxygen atoms in total. The zero-order valence-electron chi connectivity index (χ0n) is 13.0. The van der Waals surface area contributed by atoms with Gasteiger partial charge in [-0.15, -0.1) is 0 Å². The first-order valence-corrected chi connectivity index (χ1v) is 7.71. The van der Waals surface area contributed by atoms with Crippen molar-refractivity contribution < 1.29 is 10.2 Å². The third kappa shape index (κ3) is 7.38. The molecule has 3 atom stereocenters. The van der Waals surface area contributed by atoms with Crippen LogP contribution < -0.4 is 0 Å². The van der Waals surface area contributed by atoms with E-state index in [4.69, 9.17) is 0 Å². The first-order chi connectivity index (χ1) is 8.42. The van der Waals surface area contributed by atoms with E-state index in [9.17, 15) is 10.2 Å². The van der Waals surface area contributed by atoms with E-state index in [0.717, 1.165) is 32.1 Å². The molecular weight excluding hydrogens is 224 g/mol. The third-order valence-electron chi connectivity index (χ3n) is 3.94. The predicted molar refractivity (Wildman–Crippen MR) is 78.5 cm³/mol. The molecule has 0 radical (unpaired) electrons. The van der Waals surface area contributed by atoms with Crippen molar-refractivity contribution in [2.24, 2.45) is 23.7 Å². The van der Waals surface area contributed by atoms with E-state index < -0.39 is 0 Å². The summed E-state index contributed by atoms with van der Waals surface area (Å²) < 4.78 is 0. The van der Waals surface area contributed by atoms with Crippen molar-refractivity contribution in [3.05, 3.63) is 0 Å². The van der Waals surface area contributed by atoms with Crippen LogP contribution >= 0.6 is 0 Å². The monoisotopic (exact) mass is 258 g/mol. The fraction of sp³-hybridized carbons (Fsp3) is 1.00. The molecule has 0 rings (SSSR count). The van der Waals surface area contributed by atoms with Gasteiger partial charge in [-0.3, -0.25) is 0 Å². The molecule has 2 N–H and O–H groups in total. The first kappa shape index (κ1) is 17.9. The van der Waals surface area contributed by atoms with Crippen molar-refractivity contribution in [1.29, 1.82) is 0 Å². The molecule has 3 unspecified atom stereocenters. The summed E-state index contributed by atoms with van der Waals surface area (Å²) in [5.41, 5.74) is 0. The number of hydrogen-bond donors (Lipinski definition) is 2. The van der Waals surface area contributed by atoms with Gasteiger partial charge in [0.1, 0.15) is 0 Å². The molecule has 0 amide bonds. The van der Waals surface area contributed by atoms with Crippen LogP contribution in [0.3, 0.4) is 0 Å². The summed E-state index contributed by atoms with van der Waals surface area (Å²) >= 11 is 0. The number of aliphatic hydroxyl groups excluding tert-OH is 2. The van der Waals surface area contributed by atoms with E-state index in [1.807, 2.05) is 6.92 Å². The van der Waals surface area contributed by atoms with Crippen LogP contribution in [0.4, 0.5) is 0 Å². The normalized spacial score (nSPS) is 17.2. The predicted octanol–water partition coefficient (Wildman–Crippen LogP) is 3.85. The summed E-state index contributed by atoms with van der Waals surface area (Å²) in [7, 11) is 0. The Morgan fingerprint density at radius 1 is 0.833 bits per heavy atom. The highest BCUT2D eigenvalue weighted by Gasteiger charge is 2.26. The summed E-state index contributed by atoms with van der Waals surface area (Å²) in [5.74, 6) is 1.87. The number of rotatable bonds is 10. The van der Waals surface area contributed by atoms with E-state index in [1.165, 1.54) is 0 Å². The van der Waals surface area contributed by atoms with E-state index >= 15 is 0 Å². The molecule has 18 heavy (non-hydrogen) atoms. The van der Waals surface area contributed by atoms with Crippen LogP contribution in [0, 0.1) is 23.7 Å². The summed E-state index contributed by atoms with van der Waals surface area (Å²) in [5, 5.41) is 19.8. The van der Waals surface area contributed by atoms with Gasteiger partial charge < -0.3 is 10.2 Å². The van der Waals surface area contributed by atoms with Crippen molar-refractivity contribution in [3.63, 3.8) is 0 Å². The van der Waals surface area contributed by atoms with Crippen LogP contribution in [0.5, 0.6) is 0 Å². The van der Waals surface area contributed by atoms with E-state index in [2.05, 4.69) is 27.7 Å². The van der Waals surface area contributed by atoms with Gasteiger partial charge in [0.05, 0.1) is 6.10 Å². The zero-order chi connectivity index (χ0) is 14.1. The molecule has 0 aliphatic carbocycles. The molecule has 110 valence electrons. The molecular formula is C16H34O2. The second-order valence-corrected chi connectivity index (χ2v) is 6.52. The Morgan fingerprint density at radius 2 is 1.33 bits per heavy atom. The highest BCUT2D eigenvalue weighted by atomic mass is 16.3. The van der Waals surface area contributed by atoms with Gasteiger partial charge in [0.2, 0.25) is 0 Å². The molecule has 0 aliphatic heterocycles. The topological polar surface area (TPSA) is 40.5 Å². The second kappa shape index (κ2) is 9.80. The van der Waals surface area contributed by atoms with Crippen LogP contribution in [0.25, 0.3) is 0 Å². The van der Waals surface area contributed by atoms with Gasteiger partial charge >= 0.3 is 0 Å². The molecule has 0 fully saturated rings. The van der Waals surface area contributed by atoms with Crippen LogP contribution in [-0.2, 0) is 0 Å². The Kier molecular flexibility index (Phi) is 9.76. The standard InChI is InChI=1S/C16H34O2/c1-6-16(18)15(10-8-13(4)5)14(11-17)9-7-12(2)3/h12-18H,6-11H2,1-5H3. The molecule has 0 aromatic heterocycles. The van der Waals surface area contributed by atoms with Gasteiger partial charge in [0, 0.05) is 6.61 Å². The van der Waals surface area contributed by atoms with Gasteiger partial charge in [-0.1, -0.05) is 47.5 Å². The Hall–Kier alpha value is -0.0800. The van der Waals surface area contributed by atoms with Crippen molar-refractivity contribution in [1.82, 2.24) is 0 Å². The van der Waals surface area contributed by atoms with Crippen molar-refractivity contribution in [2.45, 2.75) is 72.8 Å². The molecule has 0 aromatic rings. The maximum atomic E-state index is 10.2. The average molecular weight is 258 g/mol. The lowest BCUT2D eigenvalue weighted by Crippen LogP contribution is -2.30.